The van der Waals surface area contributed by atoms with Crippen LogP contribution in [0.4, 0.5) is 5.13 Å². The first-order valence-corrected chi connectivity index (χ1v) is 12.0. The van der Waals surface area contributed by atoms with Gasteiger partial charge in [0.15, 0.2) is 5.13 Å². The summed E-state index contributed by atoms with van der Waals surface area (Å²) in [5.41, 5.74) is 4.26. The fraction of sp³-hybridized carbons (Fsp3) is 0.440. The second kappa shape index (κ2) is 10.4. The van der Waals surface area contributed by atoms with E-state index >= 15 is 0 Å². The number of carbonyl (C=O) groups excluding carboxylic acids is 1. The lowest BCUT2D eigenvalue weighted by Crippen LogP contribution is -2.39. The Labute approximate surface area is 193 Å². The van der Waals surface area contributed by atoms with Gasteiger partial charge in [0.1, 0.15) is 5.75 Å². The summed E-state index contributed by atoms with van der Waals surface area (Å²) in [7, 11) is 1.65. The number of methoxy groups -OCH3 is 1. The lowest BCUT2D eigenvalue weighted by molar-refractivity contribution is -0.118. The number of benzene rings is 2. The van der Waals surface area contributed by atoms with Gasteiger partial charge < -0.3 is 9.47 Å². The molecular weight excluding hydrogens is 422 g/mol. The van der Waals surface area contributed by atoms with Gasteiger partial charge in [-0.05, 0) is 43.5 Å². The SMILES string of the molecule is COc1ccc2sc(N(CCCN3CCOCC3)C(=O)Cc3cc(C)ccc3C)nc2c1. The van der Waals surface area contributed by atoms with Gasteiger partial charge in [-0.15, -0.1) is 0 Å². The van der Waals surface area contributed by atoms with Crippen LogP contribution in [0.5, 0.6) is 5.75 Å². The number of morpholine rings is 1. The van der Waals surface area contributed by atoms with E-state index in [1.807, 2.05) is 23.1 Å². The van der Waals surface area contributed by atoms with Gasteiger partial charge in [0.2, 0.25) is 5.91 Å². The molecule has 170 valence electrons. The van der Waals surface area contributed by atoms with Gasteiger partial charge in [-0.2, -0.15) is 0 Å². The summed E-state index contributed by atoms with van der Waals surface area (Å²) in [6.45, 7) is 9.22. The Morgan fingerprint density at radius 1 is 1.19 bits per heavy atom. The Kier molecular flexibility index (Phi) is 7.40. The number of fused-ring (bicyclic) bond motifs is 1. The topological polar surface area (TPSA) is 54.9 Å². The molecule has 0 aliphatic carbocycles. The molecule has 1 amide bonds. The van der Waals surface area contributed by atoms with E-state index in [0.29, 0.717) is 13.0 Å². The van der Waals surface area contributed by atoms with Gasteiger partial charge in [-0.1, -0.05) is 35.1 Å². The third kappa shape index (κ3) is 5.46. The highest BCUT2D eigenvalue weighted by atomic mass is 32.1. The van der Waals surface area contributed by atoms with Crippen molar-refractivity contribution in [3.8, 4) is 5.75 Å². The third-order valence-electron chi connectivity index (χ3n) is 5.92. The van der Waals surface area contributed by atoms with E-state index in [2.05, 4.69) is 36.9 Å². The molecule has 1 aliphatic heterocycles. The second-order valence-corrected chi connectivity index (χ2v) is 9.30. The zero-order chi connectivity index (χ0) is 22.5. The van der Waals surface area contributed by atoms with Crippen molar-refractivity contribution in [3.63, 3.8) is 0 Å². The van der Waals surface area contributed by atoms with Crippen LogP contribution < -0.4 is 9.64 Å². The van der Waals surface area contributed by atoms with Gasteiger partial charge in [-0.25, -0.2) is 4.98 Å². The quantitative estimate of drug-likeness (QED) is 0.511. The molecule has 0 spiro atoms. The van der Waals surface area contributed by atoms with E-state index in [1.54, 1.807) is 18.4 Å². The summed E-state index contributed by atoms with van der Waals surface area (Å²) in [6.07, 6.45) is 1.28. The number of amides is 1. The number of carbonyl (C=O) groups is 1. The smallest absolute Gasteiger partial charge is 0.233 e. The lowest BCUT2D eigenvalue weighted by atomic mass is 10.0. The van der Waals surface area contributed by atoms with Crippen LogP contribution in [0.1, 0.15) is 23.1 Å². The van der Waals surface area contributed by atoms with Crippen LogP contribution in [0.3, 0.4) is 0 Å². The average Bonchev–Trinajstić information content (AvgIpc) is 3.22. The van der Waals surface area contributed by atoms with Crippen molar-refractivity contribution < 1.29 is 14.3 Å². The maximum absolute atomic E-state index is 13.5. The minimum atomic E-state index is 0.0895. The van der Waals surface area contributed by atoms with Gasteiger partial charge in [-0.3, -0.25) is 14.6 Å². The van der Waals surface area contributed by atoms with Gasteiger partial charge in [0.05, 0.1) is 37.0 Å². The molecule has 1 fully saturated rings. The number of ether oxygens (including phenoxy) is 2. The van der Waals surface area contributed by atoms with Crippen molar-refractivity contribution in [1.82, 2.24) is 9.88 Å². The highest BCUT2D eigenvalue weighted by Gasteiger charge is 2.21. The van der Waals surface area contributed by atoms with Crippen molar-refractivity contribution in [3.05, 3.63) is 53.1 Å². The van der Waals surface area contributed by atoms with E-state index in [4.69, 9.17) is 14.5 Å². The second-order valence-electron chi connectivity index (χ2n) is 8.29. The third-order valence-corrected chi connectivity index (χ3v) is 6.98. The first-order chi connectivity index (χ1) is 15.5. The highest BCUT2D eigenvalue weighted by Crippen LogP contribution is 2.32. The molecule has 0 bridgehead atoms. The fourth-order valence-electron chi connectivity index (χ4n) is 3.99. The van der Waals surface area contributed by atoms with Crippen LogP contribution in [-0.2, 0) is 16.0 Å². The van der Waals surface area contributed by atoms with Crippen molar-refractivity contribution in [2.24, 2.45) is 0 Å². The van der Waals surface area contributed by atoms with Gasteiger partial charge >= 0.3 is 0 Å². The number of aromatic nitrogens is 1. The molecule has 2 heterocycles. The Morgan fingerprint density at radius 3 is 2.78 bits per heavy atom. The molecule has 0 saturated carbocycles. The molecule has 6 nitrogen and oxygen atoms in total. The van der Waals surface area contributed by atoms with Gasteiger partial charge in [0, 0.05) is 32.2 Å². The number of rotatable bonds is 8. The molecular formula is C25H31N3O3S. The molecule has 1 aromatic heterocycles. The van der Waals surface area contributed by atoms with E-state index in [-0.39, 0.29) is 5.91 Å². The molecule has 0 N–H and O–H groups in total. The summed E-state index contributed by atoms with van der Waals surface area (Å²) < 4.78 is 11.8. The van der Waals surface area contributed by atoms with E-state index in [1.165, 1.54) is 5.56 Å². The minimum Gasteiger partial charge on any atom is -0.497 e. The molecule has 7 heteroatoms. The van der Waals surface area contributed by atoms with Crippen LogP contribution >= 0.6 is 11.3 Å². The van der Waals surface area contributed by atoms with E-state index < -0.39 is 0 Å². The molecule has 4 rings (SSSR count). The van der Waals surface area contributed by atoms with Crippen LogP contribution in [0.25, 0.3) is 10.2 Å². The van der Waals surface area contributed by atoms with Gasteiger partial charge in [0.25, 0.3) is 0 Å². The molecule has 1 saturated heterocycles. The minimum absolute atomic E-state index is 0.0895. The number of anilines is 1. The van der Waals surface area contributed by atoms with Crippen molar-refractivity contribution in [1.29, 1.82) is 0 Å². The maximum Gasteiger partial charge on any atom is 0.233 e. The molecule has 3 aromatic rings. The van der Waals surface area contributed by atoms with Crippen molar-refractivity contribution in [2.45, 2.75) is 26.7 Å². The monoisotopic (exact) mass is 453 g/mol. The molecule has 32 heavy (non-hydrogen) atoms. The largest absolute Gasteiger partial charge is 0.497 e. The summed E-state index contributed by atoms with van der Waals surface area (Å²) >= 11 is 1.56. The van der Waals surface area contributed by atoms with Crippen LogP contribution in [-0.4, -0.2) is 62.3 Å². The van der Waals surface area contributed by atoms with E-state index in [9.17, 15) is 4.79 Å². The van der Waals surface area contributed by atoms with Crippen molar-refractivity contribution in [2.75, 3.05) is 51.4 Å². The van der Waals surface area contributed by atoms with Crippen LogP contribution in [0.15, 0.2) is 36.4 Å². The Balaban J connectivity index is 1.55. The van der Waals surface area contributed by atoms with E-state index in [0.717, 1.165) is 71.5 Å². The van der Waals surface area contributed by atoms with Crippen molar-refractivity contribution >= 4 is 32.6 Å². The summed E-state index contributed by atoms with van der Waals surface area (Å²) in [6, 6.07) is 12.2. The standard InChI is InChI=1S/C25H31N3O3S/c1-18-5-6-19(2)20(15-18)16-24(29)28(10-4-9-27-11-13-31-14-12-27)25-26-22-17-21(30-3)7-8-23(22)32-25/h5-8,15,17H,4,9-14,16H2,1-3H3. The predicted octanol–water partition coefficient (Wildman–Crippen LogP) is 4.22. The van der Waals surface area contributed by atoms with Crippen LogP contribution in [0, 0.1) is 13.8 Å². The maximum atomic E-state index is 13.5. The molecule has 2 aromatic carbocycles. The molecule has 0 atom stereocenters. The predicted molar refractivity (Wildman–Crippen MR) is 130 cm³/mol. The van der Waals surface area contributed by atoms with Crippen LogP contribution in [0.2, 0.25) is 0 Å². The number of hydrogen-bond acceptors (Lipinski definition) is 6. The first-order valence-electron chi connectivity index (χ1n) is 11.1. The summed E-state index contributed by atoms with van der Waals surface area (Å²) in [5.74, 6) is 0.863. The normalized spacial score (nSPS) is 14.6. The fourth-order valence-corrected chi connectivity index (χ4v) is 4.98. The number of aryl methyl sites for hydroxylation is 2. The lowest BCUT2D eigenvalue weighted by Gasteiger charge is -2.27. The zero-order valence-corrected chi connectivity index (χ0v) is 19.9. The summed E-state index contributed by atoms with van der Waals surface area (Å²) in [4.78, 5) is 22.6. The Hall–Kier alpha value is -2.48. The molecule has 1 aliphatic rings. The zero-order valence-electron chi connectivity index (χ0n) is 19.1. The Morgan fingerprint density at radius 2 is 2.00 bits per heavy atom. The highest BCUT2D eigenvalue weighted by molar-refractivity contribution is 7.22. The summed E-state index contributed by atoms with van der Waals surface area (Å²) in [5, 5.41) is 0.755. The number of hydrogen-bond donors (Lipinski definition) is 0. The molecule has 0 radical (unpaired) electrons. The first kappa shape index (κ1) is 22.7. The number of thiazole rings is 1. The Bertz CT molecular complexity index is 1080. The molecule has 0 unspecified atom stereocenters. The number of nitrogens with zero attached hydrogens (tertiary/aromatic N) is 3. The average molecular weight is 454 g/mol.